The molecule has 9 nitrogen and oxygen atoms in total. The van der Waals surface area contributed by atoms with Gasteiger partial charge in [-0.3, -0.25) is 10.2 Å². The van der Waals surface area contributed by atoms with E-state index in [-0.39, 0.29) is 12.4 Å². The van der Waals surface area contributed by atoms with Gasteiger partial charge in [-0.1, -0.05) is 6.42 Å². The van der Waals surface area contributed by atoms with Gasteiger partial charge in [-0.15, -0.1) is 0 Å². The van der Waals surface area contributed by atoms with Gasteiger partial charge >= 0.3 is 5.97 Å². The Morgan fingerprint density at radius 2 is 1.86 bits per heavy atom. The van der Waals surface area contributed by atoms with Crippen LogP contribution in [0.2, 0.25) is 0 Å². The van der Waals surface area contributed by atoms with Gasteiger partial charge in [0.25, 0.3) is 0 Å². The Morgan fingerprint density at radius 3 is 2.38 bits per heavy atom. The first-order chi connectivity index (χ1) is 9.88. The fourth-order valence-corrected chi connectivity index (χ4v) is 1.71. The highest BCUT2D eigenvalue weighted by Crippen LogP contribution is 2.01. The molecule has 0 radical (unpaired) electrons. The van der Waals surface area contributed by atoms with Crippen LogP contribution in [0.5, 0.6) is 0 Å². The van der Waals surface area contributed by atoms with Gasteiger partial charge in [-0.05, 0) is 32.2 Å². The molecule has 0 aromatic carbocycles. The van der Waals surface area contributed by atoms with Gasteiger partial charge < -0.3 is 32.9 Å². The standard InChI is InChI=1S/C12H26N6O3/c13-6-2-1-4-8(14)10(19)18-9(11(20)21)5-3-7-17-12(15)16/h8-9H,1-7,13-14H2,(H,18,19)(H,20,21)(H4,15,16,17). The highest BCUT2D eigenvalue weighted by Gasteiger charge is 2.22. The van der Waals surface area contributed by atoms with Gasteiger partial charge in [-0.2, -0.15) is 0 Å². The minimum absolute atomic E-state index is 0.173. The van der Waals surface area contributed by atoms with E-state index in [0.717, 1.165) is 12.8 Å². The lowest BCUT2D eigenvalue weighted by Gasteiger charge is -2.18. The maximum absolute atomic E-state index is 11.8. The smallest absolute Gasteiger partial charge is 0.326 e. The highest BCUT2D eigenvalue weighted by atomic mass is 16.4. The molecule has 0 aliphatic carbocycles. The predicted octanol–water partition coefficient (Wildman–Crippen LogP) is -1.72. The Hall–Kier alpha value is -1.87. The maximum atomic E-state index is 11.8. The van der Waals surface area contributed by atoms with E-state index in [2.05, 4.69) is 10.6 Å². The Labute approximate surface area is 124 Å². The van der Waals surface area contributed by atoms with E-state index < -0.39 is 24.0 Å². The third-order valence-corrected chi connectivity index (χ3v) is 2.91. The van der Waals surface area contributed by atoms with E-state index in [1.165, 1.54) is 0 Å². The normalized spacial score (nSPS) is 13.2. The summed E-state index contributed by atoms with van der Waals surface area (Å²) < 4.78 is 0. The van der Waals surface area contributed by atoms with Crippen LogP contribution in [-0.4, -0.2) is 48.1 Å². The van der Waals surface area contributed by atoms with Crippen molar-refractivity contribution in [3.8, 4) is 0 Å². The Morgan fingerprint density at radius 1 is 1.19 bits per heavy atom. The van der Waals surface area contributed by atoms with Crippen molar-refractivity contribution in [1.82, 2.24) is 10.6 Å². The number of carbonyl (C=O) groups is 2. The molecule has 0 saturated heterocycles. The monoisotopic (exact) mass is 302 g/mol. The number of hydrogen-bond acceptors (Lipinski definition) is 5. The molecule has 10 N–H and O–H groups in total. The lowest BCUT2D eigenvalue weighted by Crippen LogP contribution is -2.48. The molecule has 2 unspecified atom stereocenters. The summed E-state index contributed by atoms with van der Waals surface area (Å²) in [5, 5.41) is 21.0. The molecular weight excluding hydrogens is 276 g/mol. The second-order valence-electron chi connectivity index (χ2n) is 4.77. The van der Waals surface area contributed by atoms with Crippen molar-refractivity contribution >= 4 is 17.8 Å². The van der Waals surface area contributed by atoms with Crippen LogP contribution in [0, 0.1) is 5.41 Å². The predicted molar refractivity (Wildman–Crippen MR) is 79.6 cm³/mol. The van der Waals surface area contributed by atoms with E-state index in [9.17, 15) is 9.59 Å². The second kappa shape index (κ2) is 10.9. The molecule has 0 saturated carbocycles. The quantitative estimate of drug-likeness (QED) is 0.134. The zero-order valence-corrected chi connectivity index (χ0v) is 12.1. The van der Waals surface area contributed by atoms with Crippen molar-refractivity contribution in [3.63, 3.8) is 0 Å². The summed E-state index contributed by atoms with van der Waals surface area (Å²) >= 11 is 0. The number of amides is 1. The first kappa shape index (κ1) is 19.1. The van der Waals surface area contributed by atoms with Gasteiger partial charge in [0.1, 0.15) is 6.04 Å². The molecule has 0 aromatic heterocycles. The average Bonchev–Trinajstić information content (AvgIpc) is 2.41. The molecule has 0 aliphatic heterocycles. The van der Waals surface area contributed by atoms with E-state index in [4.69, 9.17) is 27.7 Å². The number of carboxylic acids is 1. The number of carbonyl (C=O) groups excluding carboxylic acids is 1. The summed E-state index contributed by atoms with van der Waals surface area (Å²) in [6, 6.07) is -1.72. The molecule has 0 aliphatic rings. The van der Waals surface area contributed by atoms with Crippen molar-refractivity contribution in [2.75, 3.05) is 13.1 Å². The Balaban J connectivity index is 4.14. The molecule has 0 aromatic rings. The van der Waals surface area contributed by atoms with Crippen LogP contribution in [0.25, 0.3) is 0 Å². The van der Waals surface area contributed by atoms with Crippen molar-refractivity contribution in [1.29, 1.82) is 5.41 Å². The summed E-state index contributed by atoms with van der Waals surface area (Å²) in [6.45, 7) is 0.910. The van der Waals surface area contributed by atoms with E-state index >= 15 is 0 Å². The fraction of sp³-hybridized carbons (Fsp3) is 0.750. The first-order valence-corrected chi connectivity index (χ1v) is 6.95. The van der Waals surface area contributed by atoms with Gasteiger partial charge in [0, 0.05) is 6.54 Å². The average molecular weight is 302 g/mol. The number of nitrogens with two attached hydrogens (primary N) is 3. The van der Waals surface area contributed by atoms with Crippen LogP contribution in [0.1, 0.15) is 32.1 Å². The lowest BCUT2D eigenvalue weighted by atomic mass is 10.1. The highest BCUT2D eigenvalue weighted by molar-refractivity contribution is 5.86. The summed E-state index contributed by atoms with van der Waals surface area (Å²) in [4.78, 5) is 22.9. The van der Waals surface area contributed by atoms with Crippen LogP contribution < -0.4 is 27.8 Å². The van der Waals surface area contributed by atoms with Crippen LogP contribution in [0.3, 0.4) is 0 Å². The number of aliphatic carboxylic acids is 1. The van der Waals surface area contributed by atoms with E-state index in [0.29, 0.717) is 25.9 Å². The van der Waals surface area contributed by atoms with Gasteiger partial charge in [0.2, 0.25) is 5.91 Å². The molecule has 0 heterocycles. The van der Waals surface area contributed by atoms with Crippen LogP contribution in [-0.2, 0) is 9.59 Å². The molecule has 21 heavy (non-hydrogen) atoms. The first-order valence-electron chi connectivity index (χ1n) is 6.95. The topological polar surface area (TPSA) is 180 Å². The number of guanidine groups is 1. The summed E-state index contributed by atoms with van der Waals surface area (Å²) in [6.07, 6.45) is 2.67. The number of nitrogens with one attached hydrogen (secondary N) is 3. The largest absolute Gasteiger partial charge is 0.480 e. The minimum Gasteiger partial charge on any atom is -0.480 e. The zero-order chi connectivity index (χ0) is 16.3. The third-order valence-electron chi connectivity index (χ3n) is 2.91. The second-order valence-corrected chi connectivity index (χ2v) is 4.77. The number of hydrogen-bond donors (Lipinski definition) is 7. The number of carboxylic acid groups (broad SMARTS) is 1. The van der Waals surface area contributed by atoms with E-state index in [1.54, 1.807) is 0 Å². The van der Waals surface area contributed by atoms with Crippen molar-refractivity contribution in [3.05, 3.63) is 0 Å². The molecule has 2 atom stereocenters. The molecule has 0 rings (SSSR count). The van der Waals surface area contributed by atoms with Crippen molar-refractivity contribution in [2.45, 2.75) is 44.2 Å². The lowest BCUT2D eigenvalue weighted by molar-refractivity contribution is -0.142. The molecular formula is C12H26N6O3. The Bertz CT molecular complexity index is 350. The van der Waals surface area contributed by atoms with Crippen LogP contribution in [0.15, 0.2) is 0 Å². The SMILES string of the molecule is N=C(N)NCCCC(NC(=O)C(N)CCCCN)C(=O)O. The van der Waals surface area contributed by atoms with Crippen LogP contribution in [0.4, 0.5) is 0 Å². The Kier molecular flexibility index (Phi) is 9.90. The summed E-state index contributed by atoms with van der Waals surface area (Å²) in [5.74, 6) is -1.76. The molecule has 9 heteroatoms. The molecule has 1 amide bonds. The zero-order valence-electron chi connectivity index (χ0n) is 12.1. The van der Waals surface area contributed by atoms with Gasteiger partial charge in [0.15, 0.2) is 5.96 Å². The van der Waals surface area contributed by atoms with Crippen LogP contribution >= 0.6 is 0 Å². The number of rotatable bonds is 11. The minimum atomic E-state index is -1.11. The maximum Gasteiger partial charge on any atom is 0.326 e. The number of unbranched alkanes of at least 4 members (excludes halogenated alkanes) is 1. The van der Waals surface area contributed by atoms with E-state index in [1.807, 2.05) is 0 Å². The third kappa shape index (κ3) is 9.63. The molecule has 0 bridgehead atoms. The molecule has 0 fully saturated rings. The summed E-state index contributed by atoms with van der Waals surface area (Å²) in [7, 11) is 0. The van der Waals surface area contributed by atoms with Crippen molar-refractivity contribution in [2.24, 2.45) is 17.2 Å². The molecule has 0 spiro atoms. The van der Waals surface area contributed by atoms with Gasteiger partial charge in [0.05, 0.1) is 6.04 Å². The molecule has 122 valence electrons. The van der Waals surface area contributed by atoms with Crippen molar-refractivity contribution < 1.29 is 14.7 Å². The van der Waals surface area contributed by atoms with Gasteiger partial charge in [-0.25, -0.2) is 4.79 Å². The fourth-order valence-electron chi connectivity index (χ4n) is 1.71. The summed E-state index contributed by atoms with van der Waals surface area (Å²) in [5.41, 5.74) is 16.2.